The summed E-state index contributed by atoms with van der Waals surface area (Å²) < 4.78 is 2.08. The Morgan fingerprint density at radius 1 is 1.06 bits per heavy atom. The molecule has 0 spiro atoms. The lowest BCUT2D eigenvalue weighted by Crippen LogP contribution is -2.41. The molecule has 1 saturated carbocycles. The molecule has 2 aromatic carbocycles. The van der Waals surface area contributed by atoms with Gasteiger partial charge in [-0.05, 0) is 56.2 Å². The van der Waals surface area contributed by atoms with Crippen LogP contribution in [0.4, 0.5) is 0 Å². The highest BCUT2D eigenvalue weighted by molar-refractivity contribution is 6.02. The first kappa shape index (κ1) is 21.1. The number of amidine groups is 1. The molecule has 0 radical (unpaired) electrons. The average molecular weight is 418 g/mol. The van der Waals surface area contributed by atoms with Crippen molar-refractivity contribution in [2.75, 3.05) is 0 Å². The van der Waals surface area contributed by atoms with Gasteiger partial charge in [0.2, 0.25) is 0 Å². The number of nitrogen functional groups attached to an aromatic ring is 1. The van der Waals surface area contributed by atoms with Gasteiger partial charge in [0.1, 0.15) is 11.5 Å². The number of fused-ring (bicyclic) bond motifs is 1. The van der Waals surface area contributed by atoms with Gasteiger partial charge in [-0.2, -0.15) is 0 Å². The van der Waals surface area contributed by atoms with Crippen LogP contribution < -0.4 is 16.8 Å². The van der Waals surface area contributed by atoms with Crippen LogP contribution in [-0.2, 0) is 13.0 Å². The van der Waals surface area contributed by atoms with Gasteiger partial charge in [-0.3, -0.25) is 10.2 Å². The molecule has 0 aliphatic heterocycles. The van der Waals surface area contributed by atoms with Gasteiger partial charge < -0.3 is 21.4 Å². The molecule has 0 unspecified atom stereocenters. The second-order valence-corrected chi connectivity index (χ2v) is 8.54. The second kappa shape index (κ2) is 9.35. The molecule has 0 saturated heterocycles. The SMILES string of the molecule is N=C(N)c1ccc2cc(C(=O)N[C@H]3CC[C@H](N)CC3)n(CCCc3ccccc3)c2c1. The number of nitrogens with zero attached hydrogens (tertiary/aromatic N) is 1. The number of benzene rings is 2. The minimum atomic E-state index is -0.0410. The number of hydrogen-bond donors (Lipinski definition) is 4. The zero-order valence-corrected chi connectivity index (χ0v) is 17.8. The van der Waals surface area contributed by atoms with Crippen molar-refractivity contribution in [1.29, 1.82) is 5.41 Å². The van der Waals surface area contributed by atoms with Crippen molar-refractivity contribution in [2.45, 2.75) is 57.2 Å². The monoisotopic (exact) mass is 417 g/mol. The third-order valence-electron chi connectivity index (χ3n) is 6.24. The standard InChI is InChI=1S/C25H31N5O/c26-20-10-12-21(13-11-20)29-25(31)23-15-18-8-9-19(24(27)28)16-22(18)30(23)14-4-7-17-5-2-1-3-6-17/h1-3,5-6,8-9,15-16,20-21H,4,7,10-14,26H2,(H3,27,28)(H,29,31)/t20-,21-. The van der Waals surface area contributed by atoms with Crippen LogP contribution in [0.25, 0.3) is 10.9 Å². The first-order chi connectivity index (χ1) is 15.0. The Morgan fingerprint density at radius 3 is 2.52 bits per heavy atom. The summed E-state index contributed by atoms with van der Waals surface area (Å²) in [7, 11) is 0. The van der Waals surface area contributed by atoms with E-state index in [9.17, 15) is 4.79 Å². The molecule has 1 aliphatic rings. The molecule has 1 fully saturated rings. The molecule has 0 bridgehead atoms. The van der Waals surface area contributed by atoms with E-state index in [2.05, 4.69) is 34.1 Å². The average Bonchev–Trinajstić information content (AvgIpc) is 3.14. The normalized spacial score (nSPS) is 18.7. The summed E-state index contributed by atoms with van der Waals surface area (Å²) >= 11 is 0. The fraction of sp³-hybridized carbons (Fsp3) is 0.360. The maximum absolute atomic E-state index is 13.2. The van der Waals surface area contributed by atoms with Crippen LogP contribution in [0.3, 0.4) is 0 Å². The maximum atomic E-state index is 13.2. The number of aryl methyl sites for hydroxylation is 2. The molecule has 1 amide bonds. The predicted octanol–water partition coefficient (Wildman–Crippen LogP) is 3.56. The number of carbonyl (C=O) groups is 1. The zero-order valence-electron chi connectivity index (χ0n) is 17.8. The predicted molar refractivity (Wildman–Crippen MR) is 125 cm³/mol. The number of nitrogens with two attached hydrogens (primary N) is 2. The van der Waals surface area contributed by atoms with E-state index < -0.39 is 0 Å². The first-order valence-corrected chi connectivity index (χ1v) is 11.1. The van der Waals surface area contributed by atoms with E-state index in [0.717, 1.165) is 56.0 Å². The molecule has 1 heterocycles. The van der Waals surface area contributed by atoms with Crippen molar-refractivity contribution in [3.8, 4) is 0 Å². The van der Waals surface area contributed by atoms with Gasteiger partial charge >= 0.3 is 0 Å². The second-order valence-electron chi connectivity index (χ2n) is 8.54. The number of nitrogens with one attached hydrogen (secondary N) is 2. The van der Waals surface area contributed by atoms with Crippen molar-refractivity contribution in [3.05, 3.63) is 71.4 Å². The summed E-state index contributed by atoms with van der Waals surface area (Å²) in [6.07, 6.45) is 5.61. The van der Waals surface area contributed by atoms with E-state index >= 15 is 0 Å². The largest absolute Gasteiger partial charge is 0.384 e. The number of hydrogen-bond acceptors (Lipinski definition) is 3. The highest BCUT2D eigenvalue weighted by Gasteiger charge is 2.23. The van der Waals surface area contributed by atoms with E-state index in [-0.39, 0.29) is 23.8 Å². The van der Waals surface area contributed by atoms with Gasteiger partial charge in [0.15, 0.2) is 0 Å². The molecule has 4 rings (SSSR count). The molecule has 3 aromatic rings. The minimum Gasteiger partial charge on any atom is -0.384 e. The van der Waals surface area contributed by atoms with Gasteiger partial charge in [0.05, 0.1) is 0 Å². The van der Waals surface area contributed by atoms with Crippen LogP contribution in [-0.4, -0.2) is 28.4 Å². The van der Waals surface area contributed by atoms with E-state index in [0.29, 0.717) is 11.3 Å². The van der Waals surface area contributed by atoms with E-state index in [1.165, 1.54) is 5.56 Å². The summed E-state index contributed by atoms with van der Waals surface area (Å²) in [5.74, 6) is -0.00996. The summed E-state index contributed by atoms with van der Waals surface area (Å²) in [6, 6.07) is 18.4. The van der Waals surface area contributed by atoms with Crippen LogP contribution >= 0.6 is 0 Å². The van der Waals surface area contributed by atoms with Crippen molar-refractivity contribution in [2.24, 2.45) is 11.5 Å². The van der Waals surface area contributed by atoms with Crippen LogP contribution in [0, 0.1) is 5.41 Å². The molecule has 0 atom stereocenters. The van der Waals surface area contributed by atoms with Crippen molar-refractivity contribution < 1.29 is 4.79 Å². The van der Waals surface area contributed by atoms with Crippen molar-refractivity contribution in [3.63, 3.8) is 0 Å². The Morgan fingerprint density at radius 2 is 1.81 bits per heavy atom. The Kier molecular flexibility index (Phi) is 6.37. The Balaban J connectivity index is 1.58. The molecule has 1 aliphatic carbocycles. The van der Waals surface area contributed by atoms with E-state index in [1.54, 1.807) is 0 Å². The quantitative estimate of drug-likeness (QED) is 0.348. The fourth-order valence-electron chi connectivity index (χ4n) is 4.46. The number of aromatic nitrogens is 1. The maximum Gasteiger partial charge on any atom is 0.268 e. The summed E-state index contributed by atoms with van der Waals surface area (Å²) in [4.78, 5) is 13.2. The lowest BCUT2D eigenvalue weighted by molar-refractivity contribution is 0.0916. The summed E-state index contributed by atoms with van der Waals surface area (Å²) in [5.41, 5.74) is 15.3. The number of amides is 1. The Bertz CT molecular complexity index is 1060. The summed E-state index contributed by atoms with van der Waals surface area (Å²) in [5, 5.41) is 12.0. The molecule has 1 aromatic heterocycles. The van der Waals surface area contributed by atoms with Gasteiger partial charge in [0, 0.05) is 35.1 Å². The van der Waals surface area contributed by atoms with Crippen LogP contribution in [0.2, 0.25) is 0 Å². The van der Waals surface area contributed by atoms with E-state index in [4.69, 9.17) is 16.9 Å². The number of rotatable bonds is 7. The van der Waals surface area contributed by atoms with Gasteiger partial charge in [0.25, 0.3) is 5.91 Å². The molecule has 6 nitrogen and oxygen atoms in total. The molecule has 162 valence electrons. The van der Waals surface area contributed by atoms with Crippen LogP contribution in [0.5, 0.6) is 0 Å². The van der Waals surface area contributed by atoms with Crippen LogP contribution in [0.1, 0.15) is 53.7 Å². The lowest BCUT2D eigenvalue weighted by Gasteiger charge is -2.27. The third kappa shape index (κ3) is 4.97. The zero-order chi connectivity index (χ0) is 21.8. The smallest absolute Gasteiger partial charge is 0.268 e. The topological polar surface area (TPSA) is 110 Å². The lowest BCUT2D eigenvalue weighted by atomic mass is 9.92. The fourth-order valence-corrected chi connectivity index (χ4v) is 4.46. The number of carbonyl (C=O) groups excluding carboxylic acids is 1. The Hall–Kier alpha value is -3.12. The molecular formula is C25H31N5O. The van der Waals surface area contributed by atoms with Gasteiger partial charge in [-0.1, -0.05) is 42.5 Å². The van der Waals surface area contributed by atoms with Crippen LogP contribution in [0.15, 0.2) is 54.6 Å². The van der Waals surface area contributed by atoms with Crippen molar-refractivity contribution in [1.82, 2.24) is 9.88 Å². The summed E-state index contributed by atoms with van der Waals surface area (Å²) in [6.45, 7) is 0.720. The third-order valence-corrected chi connectivity index (χ3v) is 6.24. The van der Waals surface area contributed by atoms with Gasteiger partial charge in [-0.15, -0.1) is 0 Å². The molecule has 6 heteroatoms. The van der Waals surface area contributed by atoms with Gasteiger partial charge in [-0.25, -0.2) is 0 Å². The Labute approximate surface area is 183 Å². The first-order valence-electron chi connectivity index (χ1n) is 11.1. The van der Waals surface area contributed by atoms with Crippen molar-refractivity contribution >= 4 is 22.6 Å². The molecular weight excluding hydrogens is 386 g/mol. The van der Waals surface area contributed by atoms with E-state index in [1.807, 2.05) is 30.3 Å². The minimum absolute atomic E-state index is 0.0310. The molecule has 6 N–H and O–H groups in total. The molecule has 31 heavy (non-hydrogen) atoms. The highest BCUT2D eigenvalue weighted by atomic mass is 16.2. The highest BCUT2D eigenvalue weighted by Crippen LogP contribution is 2.24.